The van der Waals surface area contributed by atoms with Crippen LogP contribution in [0.4, 0.5) is 0 Å². The van der Waals surface area contributed by atoms with Gasteiger partial charge >= 0.3 is 0 Å². The first-order chi connectivity index (χ1) is 37.0. The Morgan fingerprint density at radius 2 is 0.737 bits per heavy atom. The maximum absolute atomic E-state index is 13.0. The molecule has 0 aliphatic rings. The van der Waals surface area contributed by atoms with Crippen LogP contribution in [0.2, 0.25) is 0 Å². The van der Waals surface area contributed by atoms with Crippen LogP contribution in [0.15, 0.2) is 36.5 Å². The molecule has 0 fully saturated rings. The lowest BCUT2D eigenvalue weighted by atomic mass is 10.0. The Bertz CT molecular complexity index is 1330. The van der Waals surface area contributed by atoms with Gasteiger partial charge in [-0.05, 0) is 44.9 Å². The highest BCUT2D eigenvalue weighted by Gasteiger charge is 2.23. The van der Waals surface area contributed by atoms with Crippen LogP contribution < -0.4 is 10.2 Å². The molecule has 0 rings (SSSR count). The van der Waals surface area contributed by atoms with E-state index in [0.717, 1.165) is 44.9 Å². The third-order valence-corrected chi connectivity index (χ3v) is 16.3. The van der Waals surface area contributed by atoms with Crippen molar-refractivity contribution in [3.05, 3.63) is 36.5 Å². The predicted octanol–water partition coefficient (Wildman–Crippen LogP) is 20.3. The van der Waals surface area contributed by atoms with Crippen molar-refractivity contribution < 1.29 is 32.9 Å². The number of nitrogens with one attached hydrogen (secondary N) is 1. The molecule has 3 unspecified atom stereocenters. The quantitative estimate of drug-likeness (QED) is 0.0272. The molecular weight excluding hydrogens is 960 g/mol. The second kappa shape index (κ2) is 58.4. The van der Waals surface area contributed by atoms with Crippen molar-refractivity contribution in [2.24, 2.45) is 0 Å². The minimum absolute atomic E-state index is 0.00713. The average molecular weight is 1090 g/mol. The van der Waals surface area contributed by atoms with Crippen molar-refractivity contribution in [2.75, 3.05) is 40.9 Å². The summed E-state index contributed by atoms with van der Waals surface area (Å²) in [4.78, 5) is 25.6. The predicted molar refractivity (Wildman–Crippen MR) is 330 cm³/mol. The SMILES string of the molecule is CCCCCCCCCCCCCCCCCCC/C=C/CC/C=C/CC/C=C/C(O)C(COP(=O)([O-])OCC[N+](C)(C)C)NC(=O)CCCCCCCCCCCCCCCCCCCCCCCCCCCCC. The van der Waals surface area contributed by atoms with Crippen LogP contribution in [-0.2, 0) is 18.4 Å². The van der Waals surface area contributed by atoms with E-state index in [1.807, 2.05) is 27.2 Å². The lowest BCUT2D eigenvalue weighted by Crippen LogP contribution is -2.45. The van der Waals surface area contributed by atoms with Crippen LogP contribution in [0, 0.1) is 0 Å². The fourth-order valence-electron chi connectivity index (χ4n) is 10.1. The maximum Gasteiger partial charge on any atom is 0.268 e. The van der Waals surface area contributed by atoms with Gasteiger partial charge in [0.25, 0.3) is 7.82 Å². The van der Waals surface area contributed by atoms with Crippen LogP contribution in [0.5, 0.6) is 0 Å². The molecule has 0 bridgehead atoms. The second-order valence-corrected chi connectivity index (χ2v) is 25.6. The molecule has 3 atom stereocenters. The molecule has 2 N–H and O–H groups in total. The summed E-state index contributed by atoms with van der Waals surface area (Å²) >= 11 is 0. The molecule has 0 aliphatic carbocycles. The van der Waals surface area contributed by atoms with Gasteiger partial charge in [-0.3, -0.25) is 9.36 Å². The Kier molecular flexibility index (Phi) is 57.4. The molecule has 1 amide bonds. The summed E-state index contributed by atoms with van der Waals surface area (Å²) in [5, 5.41) is 13.9. The molecule has 0 aromatic rings. The van der Waals surface area contributed by atoms with Crippen LogP contribution in [0.3, 0.4) is 0 Å². The number of nitrogens with zero attached hydrogens (tertiary/aromatic N) is 1. The van der Waals surface area contributed by atoms with Crippen molar-refractivity contribution in [3.63, 3.8) is 0 Å². The first-order valence-corrected chi connectivity index (χ1v) is 34.8. The Labute approximate surface area is 474 Å². The minimum atomic E-state index is -4.61. The van der Waals surface area contributed by atoms with Crippen LogP contribution >= 0.6 is 7.82 Å². The zero-order chi connectivity index (χ0) is 55.6. The lowest BCUT2D eigenvalue weighted by molar-refractivity contribution is -0.870. The molecule has 0 spiro atoms. The van der Waals surface area contributed by atoms with E-state index in [4.69, 9.17) is 9.05 Å². The third kappa shape index (κ3) is 60.4. The largest absolute Gasteiger partial charge is 0.756 e. The maximum atomic E-state index is 13.0. The molecule has 8 nitrogen and oxygen atoms in total. The van der Waals surface area contributed by atoms with E-state index >= 15 is 0 Å². The number of quaternary nitrogens is 1. The highest BCUT2D eigenvalue weighted by molar-refractivity contribution is 7.45. The number of phosphoric ester groups is 1. The van der Waals surface area contributed by atoms with Crippen LogP contribution in [-0.4, -0.2) is 68.5 Å². The van der Waals surface area contributed by atoms with Crippen LogP contribution in [0.1, 0.15) is 335 Å². The summed E-state index contributed by atoms with van der Waals surface area (Å²) in [5.41, 5.74) is 0. The number of hydrogen-bond acceptors (Lipinski definition) is 6. The summed E-state index contributed by atoms with van der Waals surface area (Å²) < 4.78 is 23.4. The van der Waals surface area contributed by atoms with Gasteiger partial charge in [-0.2, -0.15) is 0 Å². The first-order valence-electron chi connectivity index (χ1n) is 33.4. The van der Waals surface area contributed by atoms with Crippen molar-refractivity contribution >= 4 is 13.7 Å². The van der Waals surface area contributed by atoms with Gasteiger partial charge in [0, 0.05) is 6.42 Å². The molecule has 0 saturated carbocycles. The minimum Gasteiger partial charge on any atom is -0.756 e. The number of unbranched alkanes of at least 4 members (excludes halogenated alkanes) is 45. The van der Waals surface area contributed by atoms with Gasteiger partial charge in [-0.1, -0.05) is 320 Å². The van der Waals surface area contributed by atoms with Gasteiger partial charge in [0.15, 0.2) is 0 Å². The normalized spacial score (nSPS) is 13.9. The number of likely N-dealkylation sites (N-methyl/N-ethyl adjacent to an activating group) is 1. The topological polar surface area (TPSA) is 108 Å². The van der Waals surface area contributed by atoms with Crippen LogP contribution in [0.25, 0.3) is 0 Å². The molecule has 9 heteroatoms. The molecule has 0 heterocycles. The average Bonchev–Trinajstić information content (AvgIpc) is 3.38. The fraction of sp³-hybridized carbons (Fsp3) is 0.896. The molecular formula is C67H131N2O6P. The number of hydrogen-bond donors (Lipinski definition) is 2. The van der Waals surface area contributed by atoms with E-state index in [2.05, 4.69) is 43.5 Å². The number of amides is 1. The summed E-state index contributed by atoms with van der Waals surface area (Å²) in [6.45, 7) is 4.68. The monoisotopic (exact) mass is 1090 g/mol. The summed E-state index contributed by atoms with van der Waals surface area (Å²) in [5.74, 6) is -0.204. The van der Waals surface area contributed by atoms with E-state index in [0.29, 0.717) is 17.4 Å². The number of phosphoric acid groups is 1. The van der Waals surface area contributed by atoms with Gasteiger partial charge < -0.3 is 28.8 Å². The number of allylic oxidation sites excluding steroid dienone is 5. The van der Waals surface area contributed by atoms with E-state index in [-0.39, 0.29) is 12.5 Å². The smallest absolute Gasteiger partial charge is 0.268 e. The van der Waals surface area contributed by atoms with Crippen molar-refractivity contribution in [2.45, 2.75) is 347 Å². The highest BCUT2D eigenvalue weighted by Crippen LogP contribution is 2.38. The zero-order valence-corrected chi connectivity index (χ0v) is 52.4. The van der Waals surface area contributed by atoms with Crippen molar-refractivity contribution in [1.82, 2.24) is 5.32 Å². The Balaban J connectivity index is 4.15. The molecule has 76 heavy (non-hydrogen) atoms. The Hall–Kier alpha value is -1.28. The van der Waals surface area contributed by atoms with E-state index in [9.17, 15) is 19.4 Å². The number of carbonyl (C=O) groups is 1. The van der Waals surface area contributed by atoms with Gasteiger partial charge in [0.05, 0.1) is 39.9 Å². The van der Waals surface area contributed by atoms with Crippen molar-refractivity contribution in [3.8, 4) is 0 Å². The molecule has 0 aromatic heterocycles. The Morgan fingerprint density at radius 3 is 1.07 bits per heavy atom. The van der Waals surface area contributed by atoms with Gasteiger partial charge in [0.2, 0.25) is 5.91 Å². The molecule has 0 aromatic carbocycles. The lowest BCUT2D eigenvalue weighted by Gasteiger charge is -2.29. The zero-order valence-electron chi connectivity index (χ0n) is 51.5. The number of carbonyl (C=O) groups excluding carboxylic acids is 1. The molecule has 450 valence electrons. The highest BCUT2D eigenvalue weighted by atomic mass is 31.2. The van der Waals surface area contributed by atoms with Gasteiger partial charge in [-0.15, -0.1) is 0 Å². The van der Waals surface area contributed by atoms with Gasteiger partial charge in [-0.25, -0.2) is 0 Å². The summed E-state index contributed by atoms with van der Waals surface area (Å²) in [6.07, 6.45) is 76.9. The Morgan fingerprint density at radius 1 is 0.447 bits per heavy atom. The standard InChI is InChI=1S/C67H131N2O6P/c1-6-8-10-12-14-16-18-20-22-24-26-28-30-32-34-36-38-40-42-44-46-48-50-52-54-56-58-60-66(70)65(64-75-76(72,73)74-63-62-69(3,4)5)68-67(71)61-59-57-55-53-51-49-47-45-43-41-39-37-35-33-31-29-27-25-23-21-19-17-15-13-11-9-7-2/h42,44,50,52,58,60,65-66,70H,6-41,43,45-49,51,53-57,59,61-64H2,1-5H3,(H-,68,71,72,73)/b44-42+,52-50+,60-58+. The summed E-state index contributed by atoms with van der Waals surface area (Å²) in [7, 11) is 1.25. The number of aliphatic hydroxyl groups excluding tert-OH is 1. The van der Waals surface area contributed by atoms with E-state index < -0.39 is 26.6 Å². The van der Waals surface area contributed by atoms with Gasteiger partial charge in [0.1, 0.15) is 13.2 Å². The van der Waals surface area contributed by atoms with E-state index in [1.54, 1.807) is 6.08 Å². The second-order valence-electron chi connectivity index (χ2n) is 24.2. The molecule has 0 radical (unpaired) electrons. The fourth-order valence-corrected chi connectivity index (χ4v) is 10.9. The molecule has 0 saturated heterocycles. The first kappa shape index (κ1) is 74.7. The van der Waals surface area contributed by atoms with E-state index in [1.165, 1.54) is 270 Å². The number of rotatable bonds is 62. The summed E-state index contributed by atoms with van der Waals surface area (Å²) in [6, 6.07) is -0.909. The number of aliphatic hydroxyl groups is 1. The third-order valence-electron chi connectivity index (χ3n) is 15.3. The van der Waals surface area contributed by atoms with Crippen molar-refractivity contribution in [1.29, 1.82) is 0 Å². The molecule has 0 aliphatic heterocycles.